The first-order valence-corrected chi connectivity index (χ1v) is 3.47. The van der Waals surface area contributed by atoms with E-state index in [2.05, 4.69) is 0 Å². The maximum Gasteiger partial charge on any atom is 0.256 e. The average molecular weight is 150 g/mol. The smallest absolute Gasteiger partial charge is 0.256 e. The first-order valence-electron chi connectivity index (χ1n) is 3.47. The second-order valence-corrected chi connectivity index (χ2v) is 3.08. The Kier molecular flexibility index (Phi) is 1.71. The number of hydrogen-bond acceptors (Lipinski definition) is 1. The van der Waals surface area contributed by atoms with Crippen molar-refractivity contribution in [3.8, 4) is 0 Å². The first-order chi connectivity index (χ1) is 4.52. The van der Waals surface area contributed by atoms with E-state index in [0.29, 0.717) is 6.61 Å². The minimum absolute atomic E-state index is 0.0139. The Morgan fingerprint density at radius 3 is 2.30 bits per heavy atom. The van der Waals surface area contributed by atoms with Crippen molar-refractivity contribution < 1.29 is 13.5 Å². The average Bonchev–Trinajstić information content (AvgIpc) is 2.29. The fourth-order valence-electron chi connectivity index (χ4n) is 0.930. The predicted octanol–water partition coefficient (Wildman–Crippen LogP) is 2.07. The van der Waals surface area contributed by atoms with Crippen molar-refractivity contribution in [1.82, 2.24) is 0 Å². The molecule has 0 saturated heterocycles. The molecule has 1 rings (SSSR count). The van der Waals surface area contributed by atoms with Crippen LogP contribution in [0.15, 0.2) is 0 Å². The molecule has 1 fully saturated rings. The topological polar surface area (TPSA) is 9.23 Å². The molecule has 10 heavy (non-hydrogen) atoms. The molecule has 0 aromatic rings. The zero-order valence-electron chi connectivity index (χ0n) is 6.29. The van der Waals surface area contributed by atoms with Gasteiger partial charge in [0.2, 0.25) is 0 Å². The van der Waals surface area contributed by atoms with Gasteiger partial charge in [0.1, 0.15) is 0 Å². The molecule has 60 valence electrons. The van der Waals surface area contributed by atoms with E-state index in [4.69, 9.17) is 4.74 Å². The van der Waals surface area contributed by atoms with Crippen molar-refractivity contribution in [2.24, 2.45) is 5.41 Å². The molecule has 0 heterocycles. The maximum absolute atomic E-state index is 12.4. The van der Waals surface area contributed by atoms with E-state index in [1.165, 1.54) is 0 Å². The van der Waals surface area contributed by atoms with Crippen molar-refractivity contribution in [3.63, 3.8) is 0 Å². The van der Waals surface area contributed by atoms with Gasteiger partial charge in [0.25, 0.3) is 5.92 Å². The van der Waals surface area contributed by atoms with E-state index in [1.54, 1.807) is 6.92 Å². The van der Waals surface area contributed by atoms with E-state index in [9.17, 15) is 8.78 Å². The van der Waals surface area contributed by atoms with Gasteiger partial charge < -0.3 is 4.74 Å². The standard InChI is InChI=1S/C7H12F2O/c1-3-10-5-6(2)4-7(6,8)9/h3-5H2,1-2H3. The van der Waals surface area contributed by atoms with Gasteiger partial charge in [0.15, 0.2) is 0 Å². The van der Waals surface area contributed by atoms with Crippen LogP contribution < -0.4 is 0 Å². The molecule has 0 amide bonds. The Bertz CT molecular complexity index is 136. The molecular formula is C7H12F2O. The fourth-order valence-corrected chi connectivity index (χ4v) is 0.930. The summed E-state index contributed by atoms with van der Waals surface area (Å²) in [5, 5.41) is 0. The van der Waals surface area contributed by atoms with Crippen molar-refractivity contribution in [2.45, 2.75) is 26.2 Å². The highest BCUT2D eigenvalue weighted by molar-refractivity contribution is 5.06. The second-order valence-electron chi connectivity index (χ2n) is 3.08. The van der Waals surface area contributed by atoms with Gasteiger partial charge in [-0.15, -0.1) is 0 Å². The lowest BCUT2D eigenvalue weighted by Crippen LogP contribution is -2.14. The molecule has 1 unspecified atom stereocenters. The van der Waals surface area contributed by atoms with Crippen LogP contribution in [-0.4, -0.2) is 19.1 Å². The first kappa shape index (κ1) is 7.92. The second kappa shape index (κ2) is 2.16. The van der Waals surface area contributed by atoms with Crippen LogP contribution in [0.5, 0.6) is 0 Å². The Labute approximate surface area is 59.4 Å². The summed E-state index contributed by atoms with van der Waals surface area (Å²) in [7, 11) is 0. The predicted molar refractivity (Wildman–Crippen MR) is 34.2 cm³/mol. The third kappa shape index (κ3) is 1.15. The molecule has 0 aromatic carbocycles. The fraction of sp³-hybridized carbons (Fsp3) is 1.00. The van der Waals surface area contributed by atoms with Gasteiger partial charge >= 0.3 is 0 Å². The monoisotopic (exact) mass is 150 g/mol. The van der Waals surface area contributed by atoms with Gasteiger partial charge in [-0.3, -0.25) is 0 Å². The van der Waals surface area contributed by atoms with E-state index >= 15 is 0 Å². The molecule has 1 nitrogen and oxygen atoms in total. The zero-order chi connectivity index (χ0) is 7.83. The quantitative estimate of drug-likeness (QED) is 0.598. The summed E-state index contributed by atoms with van der Waals surface area (Å²) in [5.41, 5.74) is -0.858. The van der Waals surface area contributed by atoms with Crippen molar-refractivity contribution >= 4 is 0 Å². The third-order valence-corrected chi connectivity index (χ3v) is 1.99. The van der Waals surface area contributed by atoms with E-state index < -0.39 is 11.3 Å². The minimum Gasteiger partial charge on any atom is -0.381 e. The zero-order valence-corrected chi connectivity index (χ0v) is 6.29. The van der Waals surface area contributed by atoms with Crippen molar-refractivity contribution in [1.29, 1.82) is 0 Å². The van der Waals surface area contributed by atoms with Gasteiger partial charge in [-0.1, -0.05) is 6.92 Å². The molecule has 0 N–H and O–H groups in total. The largest absolute Gasteiger partial charge is 0.381 e. The number of hydrogen-bond donors (Lipinski definition) is 0. The van der Waals surface area contributed by atoms with Crippen LogP contribution >= 0.6 is 0 Å². The van der Waals surface area contributed by atoms with Gasteiger partial charge in [-0.2, -0.15) is 0 Å². The van der Waals surface area contributed by atoms with Gasteiger partial charge in [-0.25, -0.2) is 8.78 Å². The van der Waals surface area contributed by atoms with E-state index in [0.717, 1.165) is 0 Å². The Hall–Kier alpha value is -0.180. The van der Waals surface area contributed by atoms with Crippen LogP contribution in [0, 0.1) is 5.41 Å². The van der Waals surface area contributed by atoms with Gasteiger partial charge in [0, 0.05) is 13.0 Å². The van der Waals surface area contributed by atoms with Crippen molar-refractivity contribution in [2.75, 3.05) is 13.2 Å². The van der Waals surface area contributed by atoms with Crippen LogP contribution in [0.3, 0.4) is 0 Å². The Morgan fingerprint density at radius 2 is 2.00 bits per heavy atom. The maximum atomic E-state index is 12.4. The Balaban J connectivity index is 2.30. The molecule has 1 saturated carbocycles. The van der Waals surface area contributed by atoms with E-state index in [-0.39, 0.29) is 13.0 Å². The molecule has 0 spiro atoms. The molecule has 1 aliphatic rings. The van der Waals surface area contributed by atoms with Gasteiger partial charge in [0.05, 0.1) is 12.0 Å². The summed E-state index contributed by atoms with van der Waals surface area (Å²) in [5.74, 6) is -2.47. The van der Waals surface area contributed by atoms with Crippen LogP contribution in [0.2, 0.25) is 0 Å². The molecular weight excluding hydrogens is 138 g/mol. The molecule has 3 heteroatoms. The summed E-state index contributed by atoms with van der Waals surface area (Å²) in [6.07, 6.45) is -0.0139. The van der Waals surface area contributed by atoms with Gasteiger partial charge in [-0.05, 0) is 6.92 Å². The number of rotatable bonds is 3. The summed E-state index contributed by atoms with van der Waals surface area (Å²) in [4.78, 5) is 0. The summed E-state index contributed by atoms with van der Waals surface area (Å²) in [6.45, 7) is 4.08. The van der Waals surface area contributed by atoms with E-state index in [1.807, 2.05) is 6.92 Å². The number of ether oxygens (including phenoxy) is 1. The highest BCUT2D eigenvalue weighted by Gasteiger charge is 2.67. The van der Waals surface area contributed by atoms with Crippen LogP contribution in [-0.2, 0) is 4.74 Å². The summed E-state index contributed by atoms with van der Waals surface area (Å²) < 4.78 is 29.8. The Morgan fingerprint density at radius 1 is 1.50 bits per heavy atom. The summed E-state index contributed by atoms with van der Waals surface area (Å²) in [6, 6.07) is 0. The lowest BCUT2D eigenvalue weighted by molar-refractivity contribution is 0.0197. The van der Waals surface area contributed by atoms with Crippen LogP contribution in [0.25, 0.3) is 0 Å². The molecule has 0 aliphatic heterocycles. The molecule has 1 atom stereocenters. The van der Waals surface area contributed by atoms with Crippen LogP contribution in [0.1, 0.15) is 20.3 Å². The molecule has 1 aliphatic carbocycles. The molecule has 0 aromatic heterocycles. The number of alkyl halides is 2. The third-order valence-electron chi connectivity index (χ3n) is 1.99. The SMILES string of the molecule is CCOCC1(C)CC1(F)F. The highest BCUT2D eigenvalue weighted by atomic mass is 19.3. The van der Waals surface area contributed by atoms with Crippen LogP contribution in [0.4, 0.5) is 8.78 Å². The highest BCUT2D eigenvalue weighted by Crippen LogP contribution is 2.60. The normalized spacial score (nSPS) is 36.0. The minimum atomic E-state index is -2.47. The van der Waals surface area contributed by atoms with Crippen molar-refractivity contribution in [3.05, 3.63) is 0 Å². The number of halogens is 2. The molecule has 0 radical (unpaired) electrons. The lowest BCUT2D eigenvalue weighted by atomic mass is 10.1. The summed E-state index contributed by atoms with van der Waals surface area (Å²) >= 11 is 0. The lowest BCUT2D eigenvalue weighted by Gasteiger charge is -2.08. The molecule has 0 bridgehead atoms.